The second-order valence-electron chi connectivity index (χ2n) is 4.42. The Bertz CT molecular complexity index is 393. The zero-order valence-electron chi connectivity index (χ0n) is 11.9. The molecule has 1 unspecified atom stereocenters. The van der Waals surface area contributed by atoms with E-state index in [1.165, 1.54) is 7.11 Å². The highest BCUT2D eigenvalue weighted by Gasteiger charge is 2.19. The highest BCUT2D eigenvalue weighted by atomic mass is 16.5. The Kier molecular flexibility index (Phi) is 6.79. The molecule has 106 valence electrons. The fourth-order valence-electron chi connectivity index (χ4n) is 1.94. The average Bonchev–Trinajstić information content (AvgIpc) is 2.46. The first-order valence-corrected chi connectivity index (χ1v) is 6.70. The fourth-order valence-corrected chi connectivity index (χ4v) is 1.94. The number of benzene rings is 1. The van der Waals surface area contributed by atoms with Crippen LogP contribution in [0.3, 0.4) is 0 Å². The number of carbonyl (C=O) groups is 1. The number of esters is 1. The Morgan fingerprint density at radius 3 is 2.63 bits per heavy atom. The number of carbonyl (C=O) groups excluding carboxylic acids is 1. The lowest BCUT2D eigenvalue weighted by molar-refractivity contribution is -0.141. The molecular weight excluding hydrogens is 242 g/mol. The van der Waals surface area contributed by atoms with E-state index in [0.717, 1.165) is 37.1 Å². The molecule has 0 radical (unpaired) electrons. The molecule has 0 aliphatic heterocycles. The molecule has 1 aromatic carbocycles. The van der Waals surface area contributed by atoms with Crippen LogP contribution in [0.4, 0.5) is 5.69 Å². The van der Waals surface area contributed by atoms with Crippen molar-refractivity contribution in [2.24, 2.45) is 0 Å². The van der Waals surface area contributed by atoms with Gasteiger partial charge in [0.15, 0.2) is 0 Å². The number of anilines is 1. The zero-order chi connectivity index (χ0) is 14.1. The maximum Gasteiger partial charge on any atom is 0.328 e. The van der Waals surface area contributed by atoms with Gasteiger partial charge in [0.25, 0.3) is 0 Å². The molecule has 0 heterocycles. The molecule has 1 rings (SSSR count). The normalized spacial score (nSPS) is 11.7. The Morgan fingerprint density at radius 2 is 2.00 bits per heavy atom. The number of rotatable bonds is 8. The SMILES string of the molecule is CCCCCC(Nc1ccccc1OC)C(=O)OC. The van der Waals surface area contributed by atoms with Gasteiger partial charge < -0.3 is 14.8 Å². The summed E-state index contributed by atoms with van der Waals surface area (Å²) >= 11 is 0. The number of hydrogen-bond acceptors (Lipinski definition) is 4. The molecule has 0 saturated carbocycles. The third-order valence-electron chi connectivity index (χ3n) is 3.02. The first kappa shape index (κ1) is 15.3. The van der Waals surface area contributed by atoms with Gasteiger partial charge in [0.05, 0.1) is 19.9 Å². The molecule has 1 aromatic rings. The lowest BCUT2D eigenvalue weighted by atomic mass is 10.1. The fraction of sp³-hybridized carbons (Fsp3) is 0.533. The van der Waals surface area contributed by atoms with Crippen molar-refractivity contribution in [3.63, 3.8) is 0 Å². The van der Waals surface area contributed by atoms with E-state index >= 15 is 0 Å². The quantitative estimate of drug-likeness (QED) is 0.579. The first-order chi connectivity index (χ1) is 9.22. The summed E-state index contributed by atoms with van der Waals surface area (Å²) in [6.45, 7) is 2.14. The summed E-state index contributed by atoms with van der Waals surface area (Å²) in [4.78, 5) is 11.8. The standard InChI is InChI=1S/C15H23NO3/c1-4-5-6-10-13(15(17)19-3)16-12-9-7-8-11-14(12)18-2/h7-9,11,13,16H,4-6,10H2,1-3H3. The number of unbranched alkanes of at least 4 members (excludes halogenated alkanes) is 2. The second kappa shape index (κ2) is 8.40. The zero-order valence-corrected chi connectivity index (χ0v) is 11.9. The van der Waals surface area contributed by atoms with Crippen LogP contribution in [0, 0.1) is 0 Å². The molecule has 0 bridgehead atoms. The van der Waals surface area contributed by atoms with Crippen molar-refractivity contribution >= 4 is 11.7 Å². The van der Waals surface area contributed by atoms with Crippen molar-refractivity contribution in [2.45, 2.75) is 38.6 Å². The van der Waals surface area contributed by atoms with Crippen molar-refractivity contribution in [2.75, 3.05) is 19.5 Å². The van der Waals surface area contributed by atoms with Crippen LogP contribution >= 0.6 is 0 Å². The van der Waals surface area contributed by atoms with Crippen molar-refractivity contribution in [1.29, 1.82) is 0 Å². The van der Waals surface area contributed by atoms with Gasteiger partial charge in [-0.25, -0.2) is 4.79 Å². The summed E-state index contributed by atoms with van der Waals surface area (Å²) < 4.78 is 10.1. The van der Waals surface area contributed by atoms with Gasteiger partial charge in [0, 0.05) is 0 Å². The molecule has 0 aliphatic rings. The van der Waals surface area contributed by atoms with Gasteiger partial charge in [-0.2, -0.15) is 0 Å². The minimum Gasteiger partial charge on any atom is -0.495 e. The monoisotopic (exact) mass is 265 g/mol. The highest BCUT2D eigenvalue weighted by Crippen LogP contribution is 2.25. The van der Waals surface area contributed by atoms with Gasteiger partial charge in [0.2, 0.25) is 0 Å². The van der Waals surface area contributed by atoms with E-state index in [2.05, 4.69) is 12.2 Å². The van der Waals surface area contributed by atoms with Crippen LogP contribution < -0.4 is 10.1 Å². The predicted molar refractivity (Wildman–Crippen MR) is 76.6 cm³/mol. The van der Waals surface area contributed by atoms with Crippen LogP contribution in [-0.2, 0) is 9.53 Å². The van der Waals surface area contributed by atoms with Crippen LogP contribution in [0.2, 0.25) is 0 Å². The summed E-state index contributed by atoms with van der Waals surface area (Å²) in [5.74, 6) is 0.494. The van der Waals surface area contributed by atoms with Crippen LogP contribution in [0.5, 0.6) is 5.75 Å². The number of nitrogens with one attached hydrogen (secondary N) is 1. The van der Waals surface area contributed by atoms with E-state index in [9.17, 15) is 4.79 Å². The Labute approximate surface area is 115 Å². The molecule has 0 fully saturated rings. The minimum atomic E-state index is -0.326. The largest absolute Gasteiger partial charge is 0.495 e. The Morgan fingerprint density at radius 1 is 1.26 bits per heavy atom. The lowest BCUT2D eigenvalue weighted by Crippen LogP contribution is -2.30. The molecule has 0 aliphatic carbocycles. The van der Waals surface area contributed by atoms with Crippen LogP contribution in [0.15, 0.2) is 24.3 Å². The van der Waals surface area contributed by atoms with Gasteiger partial charge >= 0.3 is 5.97 Å². The molecule has 0 aromatic heterocycles. The van der Waals surface area contributed by atoms with E-state index in [1.54, 1.807) is 7.11 Å². The third kappa shape index (κ3) is 4.81. The van der Waals surface area contributed by atoms with E-state index in [-0.39, 0.29) is 12.0 Å². The minimum absolute atomic E-state index is 0.234. The summed E-state index contributed by atoms with van der Waals surface area (Å²) in [7, 11) is 3.03. The third-order valence-corrected chi connectivity index (χ3v) is 3.02. The molecule has 0 spiro atoms. The highest BCUT2D eigenvalue weighted by molar-refractivity contribution is 5.80. The average molecular weight is 265 g/mol. The number of para-hydroxylation sites is 2. The van der Waals surface area contributed by atoms with Gasteiger partial charge in [-0.05, 0) is 18.6 Å². The van der Waals surface area contributed by atoms with Gasteiger partial charge in [-0.1, -0.05) is 38.3 Å². The first-order valence-electron chi connectivity index (χ1n) is 6.70. The Hall–Kier alpha value is -1.71. The van der Waals surface area contributed by atoms with E-state index < -0.39 is 0 Å². The summed E-state index contributed by atoms with van der Waals surface area (Å²) in [6, 6.07) is 7.24. The molecule has 4 heteroatoms. The van der Waals surface area contributed by atoms with Crippen LogP contribution in [-0.4, -0.2) is 26.2 Å². The maximum absolute atomic E-state index is 11.8. The van der Waals surface area contributed by atoms with Crippen LogP contribution in [0.25, 0.3) is 0 Å². The molecule has 1 atom stereocenters. The Balaban J connectivity index is 2.72. The lowest BCUT2D eigenvalue weighted by Gasteiger charge is -2.19. The molecule has 19 heavy (non-hydrogen) atoms. The smallest absolute Gasteiger partial charge is 0.328 e. The number of hydrogen-bond donors (Lipinski definition) is 1. The maximum atomic E-state index is 11.8. The topological polar surface area (TPSA) is 47.6 Å². The number of ether oxygens (including phenoxy) is 2. The van der Waals surface area contributed by atoms with E-state index in [0.29, 0.717) is 0 Å². The van der Waals surface area contributed by atoms with Gasteiger partial charge in [-0.3, -0.25) is 0 Å². The second-order valence-corrected chi connectivity index (χ2v) is 4.42. The molecular formula is C15H23NO3. The van der Waals surface area contributed by atoms with Crippen molar-refractivity contribution < 1.29 is 14.3 Å². The van der Waals surface area contributed by atoms with Crippen molar-refractivity contribution in [1.82, 2.24) is 0 Å². The molecule has 0 amide bonds. The van der Waals surface area contributed by atoms with Crippen LogP contribution in [0.1, 0.15) is 32.6 Å². The van der Waals surface area contributed by atoms with E-state index in [4.69, 9.17) is 9.47 Å². The van der Waals surface area contributed by atoms with Gasteiger partial charge in [0.1, 0.15) is 11.8 Å². The summed E-state index contributed by atoms with van der Waals surface area (Å²) in [5.41, 5.74) is 0.817. The van der Waals surface area contributed by atoms with Gasteiger partial charge in [-0.15, -0.1) is 0 Å². The molecule has 1 N–H and O–H groups in total. The summed E-state index contributed by atoms with van der Waals surface area (Å²) in [5, 5.41) is 3.21. The number of methoxy groups -OCH3 is 2. The summed E-state index contributed by atoms with van der Waals surface area (Å²) in [6.07, 6.45) is 4.00. The van der Waals surface area contributed by atoms with E-state index in [1.807, 2.05) is 24.3 Å². The van der Waals surface area contributed by atoms with Crippen molar-refractivity contribution in [3.8, 4) is 5.75 Å². The molecule has 0 saturated heterocycles. The molecule has 4 nitrogen and oxygen atoms in total. The predicted octanol–water partition coefficient (Wildman–Crippen LogP) is 3.23. The van der Waals surface area contributed by atoms with Crippen molar-refractivity contribution in [3.05, 3.63) is 24.3 Å².